The highest BCUT2D eigenvalue weighted by Crippen LogP contribution is 2.32. The van der Waals surface area contributed by atoms with E-state index in [1.807, 2.05) is 38.6 Å². The number of aliphatic carboxylic acids is 1. The zero-order chi connectivity index (χ0) is 14.9. The fraction of sp³-hybridized carbons (Fsp3) is 0.571. The quantitative estimate of drug-likeness (QED) is 0.900. The Bertz CT molecular complexity index is 508. The lowest BCUT2D eigenvalue weighted by atomic mass is 9.87. The fourth-order valence-electron chi connectivity index (χ4n) is 2.11. The number of carboxylic acids is 1. The summed E-state index contributed by atoms with van der Waals surface area (Å²) in [7, 11) is 0. The molecule has 2 N–H and O–H groups in total. The van der Waals surface area contributed by atoms with Crippen molar-refractivity contribution in [3.8, 4) is 0 Å². The molecule has 0 saturated carbocycles. The van der Waals surface area contributed by atoms with Gasteiger partial charge in [0.05, 0.1) is 4.88 Å². The lowest BCUT2D eigenvalue weighted by molar-refractivity contribution is -0.142. The van der Waals surface area contributed by atoms with Gasteiger partial charge in [0.2, 0.25) is 0 Å². The van der Waals surface area contributed by atoms with Gasteiger partial charge in [0.25, 0.3) is 5.91 Å². The summed E-state index contributed by atoms with van der Waals surface area (Å²) in [6.45, 7) is 5.42. The molecule has 2 rings (SSSR count). The highest BCUT2D eigenvalue weighted by atomic mass is 32.2. The Balaban J connectivity index is 2.15. The van der Waals surface area contributed by atoms with Gasteiger partial charge in [-0.05, 0) is 29.2 Å². The monoisotopic (exact) mass is 313 g/mol. The molecule has 1 aliphatic rings. The number of nitrogens with one attached hydrogen (secondary N) is 1. The molecule has 20 heavy (non-hydrogen) atoms. The zero-order valence-electron chi connectivity index (χ0n) is 11.9. The number of thiophene rings is 1. The molecular weight excluding hydrogens is 294 g/mol. The van der Waals surface area contributed by atoms with Crippen LogP contribution in [0.5, 0.6) is 0 Å². The molecule has 110 valence electrons. The molecule has 0 radical (unpaired) electrons. The molecule has 0 fully saturated rings. The summed E-state index contributed by atoms with van der Waals surface area (Å²) in [5.74, 6) is 0.758. The van der Waals surface area contributed by atoms with E-state index in [1.165, 1.54) is 21.8 Å². The molecule has 1 aliphatic heterocycles. The van der Waals surface area contributed by atoms with E-state index in [9.17, 15) is 14.7 Å². The number of amides is 1. The maximum absolute atomic E-state index is 12.3. The van der Waals surface area contributed by atoms with E-state index >= 15 is 0 Å². The smallest absolute Gasteiger partial charge is 0.326 e. The summed E-state index contributed by atoms with van der Waals surface area (Å²) < 4.78 is 0. The van der Waals surface area contributed by atoms with Crippen LogP contribution in [-0.2, 0) is 17.0 Å². The normalized spacial score (nSPS) is 16.4. The van der Waals surface area contributed by atoms with Crippen molar-refractivity contribution in [2.75, 3.05) is 5.75 Å². The maximum Gasteiger partial charge on any atom is 0.326 e. The average molecular weight is 313 g/mol. The summed E-state index contributed by atoms with van der Waals surface area (Å²) in [5.41, 5.74) is 0.702. The number of rotatable bonds is 3. The number of carbonyl (C=O) groups is 2. The standard InChI is InChI=1S/C14H19NO3S2/c1-14(2,3)11(13(17)18)15-12(16)10-6-8-7-19-5-4-9(8)20-10/h6,11H,4-5,7H2,1-3H3,(H,15,16)(H,17,18)/t11-/m1/s1. The third-order valence-electron chi connectivity index (χ3n) is 3.24. The van der Waals surface area contributed by atoms with Crippen molar-refractivity contribution in [1.29, 1.82) is 0 Å². The second-order valence-corrected chi connectivity index (χ2v) is 8.21. The van der Waals surface area contributed by atoms with Gasteiger partial charge < -0.3 is 10.4 Å². The molecular formula is C14H19NO3S2. The van der Waals surface area contributed by atoms with Crippen molar-refractivity contribution >= 4 is 35.0 Å². The SMILES string of the molecule is CC(C)(C)[C@H](NC(=O)c1cc2c(s1)CCSC2)C(=O)O. The first-order chi connectivity index (χ1) is 9.29. The summed E-state index contributed by atoms with van der Waals surface area (Å²) in [6, 6.07) is 1.02. The molecule has 1 aromatic rings. The number of fused-ring (bicyclic) bond motifs is 1. The summed E-state index contributed by atoms with van der Waals surface area (Å²) in [6.07, 6.45) is 1.000. The van der Waals surface area contributed by atoms with Gasteiger partial charge in [-0.2, -0.15) is 11.8 Å². The van der Waals surface area contributed by atoms with Crippen molar-refractivity contribution in [1.82, 2.24) is 5.32 Å². The number of hydrogen-bond donors (Lipinski definition) is 2. The van der Waals surface area contributed by atoms with Gasteiger partial charge in [-0.1, -0.05) is 20.8 Å². The van der Waals surface area contributed by atoms with Gasteiger partial charge >= 0.3 is 5.97 Å². The third kappa shape index (κ3) is 3.35. The van der Waals surface area contributed by atoms with Crippen LogP contribution in [0.3, 0.4) is 0 Å². The van der Waals surface area contributed by atoms with E-state index in [4.69, 9.17) is 0 Å². The van der Waals surface area contributed by atoms with Crippen LogP contribution in [0.15, 0.2) is 6.07 Å². The number of aryl methyl sites for hydroxylation is 1. The van der Waals surface area contributed by atoms with Crippen LogP contribution in [0.25, 0.3) is 0 Å². The Hall–Kier alpha value is -1.01. The van der Waals surface area contributed by atoms with Crippen molar-refractivity contribution in [2.24, 2.45) is 5.41 Å². The Morgan fingerprint density at radius 2 is 2.10 bits per heavy atom. The second-order valence-electron chi connectivity index (χ2n) is 5.97. The lowest BCUT2D eigenvalue weighted by Gasteiger charge is -2.27. The first-order valence-electron chi connectivity index (χ1n) is 6.52. The molecule has 1 atom stereocenters. The Kier molecular flexibility index (Phi) is 4.44. The van der Waals surface area contributed by atoms with E-state index in [0.29, 0.717) is 4.88 Å². The van der Waals surface area contributed by atoms with Gasteiger partial charge in [-0.15, -0.1) is 11.3 Å². The van der Waals surface area contributed by atoms with Gasteiger partial charge in [-0.3, -0.25) is 4.79 Å². The summed E-state index contributed by atoms with van der Waals surface area (Å²) in [4.78, 5) is 25.4. The average Bonchev–Trinajstić information content (AvgIpc) is 2.77. The molecule has 1 aromatic heterocycles. The minimum absolute atomic E-state index is 0.281. The van der Waals surface area contributed by atoms with Crippen molar-refractivity contribution in [3.05, 3.63) is 21.4 Å². The Morgan fingerprint density at radius 3 is 2.65 bits per heavy atom. The van der Waals surface area contributed by atoms with Crippen LogP contribution in [0, 0.1) is 5.41 Å². The van der Waals surface area contributed by atoms with E-state index < -0.39 is 17.4 Å². The van der Waals surface area contributed by atoms with Crippen LogP contribution in [-0.4, -0.2) is 28.8 Å². The molecule has 0 unspecified atom stereocenters. The molecule has 0 aliphatic carbocycles. The van der Waals surface area contributed by atoms with Crippen LogP contribution < -0.4 is 5.32 Å². The first kappa shape index (κ1) is 15.4. The number of carbonyl (C=O) groups excluding carboxylic acids is 1. The maximum atomic E-state index is 12.3. The van der Waals surface area contributed by atoms with Gasteiger partial charge in [0.15, 0.2) is 0 Å². The molecule has 0 aromatic carbocycles. The van der Waals surface area contributed by atoms with Crippen LogP contribution >= 0.6 is 23.1 Å². The highest BCUT2D eigenvalue weighted by molar-refractivity contribution is 7.98. The molecule has 0 bridgehead atoms. The Labute approximate surface area is 127 Å². The topological polar surface area (TPSA) is 66.4 Å². The molecule has 0 saturated heterocycles. The fourth-order valence-corrected chi connectivity index (χ4v) is 4.39. The van der Waals surface area contributed by atoms with Crippen molar-refractivity contribution in [3.63, 3.8) is 0 Å². The molecule has 2 heterocycles. The number of carboxylic acid groups (broad SMARTS) is 1. The van der Waals surface area contributed by atoms with Crippen LogP contribution in [0.2, 0.25) is 0 Å². The lowest BCUT2D eigenvalue weighted by Crippen LogP contribution is -2.48. The van der Waals surface area contributed by atoms with Crippen molar-refractivity contribution < 1.29 is 14.7 Å². The van der Waals surface area contributed by atoms with E-state index in [1.54, 1.807) is 0 Å². The van der Waals surface area contributed by atoms with E-state index in [2.05, 4.69) is 5.32 Å². The number of thioether (sulfide) groups is 1. The molecule has 0 spiro atoms. The van der Waals surface area contributed by atoms with Gasteiger partial charge in [-0.25, -0.2) is 4.79 Å². The highest BCUT2D eigenvalue weighted by Gasteiger charge is 2.33. The first-order valence-corrected chi connectivity index (χ1v) is 8.49. The van der Waals surface area contributed by atoms with E-state index in [0.717, 1.165) is 17.9 Å². The summed E-state index contributed by atoms with van der Waals surface area (Å²) in [5, 5.41) is 11.9. The minimum atomic E-state index is -0.997. The number of hydrogen-bond acceptors (Lipinski definition) is 4. The van der Waals surface area contributed by atoms with Crippen LogP contribution in [0.1, 0.15) is 40.9 Å². The predicted molar refractivity (Wildman–Crippen MR) is 82.5 cm³/mol. The summed E-state index contributed by atoms with van der Waals surface area (Å²) >= 11 is 3.36. The minimum Gasteiger partial charge on any atom is -0.480 e. The second kappa shape index (κ2) is 5.77. The van der Waals surface area contributed by atoms with Crippen LogP contribution in [0.4, 0.5) is 0 Å². The Morgan fingerprint density at radius 1 is 1.40 bits per heavy atom. The molecule has 1 amide bonds. The molecule has 6 heteroatoms. The molecule has 4 nitrogen and oxygen atoms in total. The predicted octanol–water partition coefficient (Wildman–Crippen LogP) is 2.77. The van der Waals surface area contributed by atoms with Gasteiger partial charge in [0.1, 0.15) is 6.04 Å². The largest absolute Gasteiger partial charge is 0.480 e. The van der Waals surface area contributed by atoms with Crippen molar-refractivity contribution in [2.45, 2.75) is 39.0 Å². The third-order valence-corrected chi connectivity index (χ3v) is 5.48. The zero-order valence-corrected chi connectivity index (χ0v) is 13.5. The van der Waals surface area contributed by atoms with E-state index in [-0.39, 0.29) is 5.91 Å². The van der Waals surface area contributed by atoms with Gasteiger partial charge in [0, 0.05) is 10.6 Å².